The van der Waals surface area contributed by atoms with Gasteiger partial charge in [-0.3, -0.25) is 18.9 Å². The Morgan fingerprint density at radius 1 is 1.00 bits per heavy atom. The number of aromatic nitrogens is 5. The van der Waals surface area contributed by atoms with Crippen molar-refractivity contribution in [1.29, 1.82) is 0 Å². The van der Waals surface area contributed by atoms with Crippen molar-refractivity contribution in [2.24, 2.45) is 7.05 Å². The molecular weight excluding hydrogens is 441 g/mol. The van der Waals surface area contributed by atoms with Gasteiger partial charge in [0.1, 0.15) is 5.82 Å². The minimum Gasteiger partial charge on any atom is -0.396 e. The molecule has 0 bridgehead atoms. The molecule has 3 heterocycles. The van der Waals surface area contributed by atoms with Crippen LogP contribution in [-0.2, 0) is 20.1 Å². The molecule has 0 saturated heterocycles. The van der Waals surface area contributed by atoms with E-state index in [0.717, 1.165) is 10.1 Å². The van der Waals surface area contributed by atoms with Gasteiger partial charge in [-0.2, -0.15) is 0 Å². The lowest BCUT2D eigenvalue weighted by Gasteiger charge is -2.11. The lowest BCUT2D eigenvalue weighted by Crippen LogP contribution is -2.40. The van der Waals surface area contributed by atoms with Crippen LogP contribution in [0.15, 0.2) is 52.2 Å². The predicted octanol–water partition coefficient (Wildman–Crippen LogP) is 2.70. The number of hydrogen-bond acceptors (Lipinski definition) is 5. The van der Waals surface area contributed by atoms with Crippen LogP contribution in [0.1, 0.15) is 12.1 Å². The van der Waals surface area contributed by atoms with Crippen LogP contribution in [0.25, 0.3) is 22.6 Å². The van der Waals surface area contributed by atoms with Crippen molar-refractivity contribution in [3.63, 3.8) is 0 Å². The standard InChI is InChI=1S/C21H19Cl2N5O3/c1-26-19-17(20(30)27(21(26)31)9-2-10-29)28(12-16-8-7-15(23)11-24-16)18(25-19)13-3-5-14(22)6-4-13/h3-8,11,29H,2,9-10,12H2,1H3. The van der Waals surface area contributed by atoms with E-state index in [0.29, 0.717) is 21.6 Å². The highest BCUT2D eigenvalue weighted by Crippen LogP contribution is 2.25. The van der Waals surface area contributed by atoms with Crippen LogP contribution >= 0.6 is 23.2 Å². The van der Waals surface area contributed by atoms with Gasteiger partial charge in [-0.05, 0) is 42.8 Å². The Morgan fingerprint density at radius 3 is 2.35 bits per heavy atom. The summed E-state index contributed by atoms with van der Waals surface area (Å²) in [6, 6.07) is 10.6. The summed E-state index contributed by atoms with van der Waals surface area (Å²) in [5.74, 6) is 0.510. The summed E-state index contributed by atoms with van der Waals surface area (Å²) < 4.78 is 4.21. The first-order valence-corrected chi connectivity index (χ1v) is 10.3. The molecule has 0 aliphatic carbocycles. The van der Waals surface area contributed by atoms with Gasteiger partial charge in [0.2, 0.25) is 0 Å². The Kier molecular flexibility index (Phi) is 5.95. The highest BCUT2D eigenvalue weighted by atomic mass is 35.5. The Bertz CT molecular complexity index is 1360. The molecule has 3 aromatic heterocycles. The first-order chi connectivity index (χ1) is 14.9. The number of hydrogen-bond donors (Lipinski definition) is 1. The molecule has 0 radical (unpaired) electrons. The summed E-state index contributed by atoms with van der Waals surface area (Å²) in [4.78, 5) is 35.0. The van der Waals surface area contributed by atoms with Crippen molar-refractivity contribution in [2.45, 2.75) is 19.5 Å². The molecule has 31 heavy (non-hydrogen) atoms. The van der Waals surface area contributed by atoms with Crippen LogP contribution in [0, 0.1) is 0 Å². The number of aliphatic hydroxyl groups is 1. The van der Waals surface area contributed by atoms with Crippen molar-refractivity contribution < 1.29 is 5.11 Å². The summed E-state index contributed by atoms with van der Waals surface area (Å²) in [5.41, 5.74) is 1.02. The van der Waals surface area contributed by atoms with E-state index in [-0.39, 0.29) is 37.3 Å². The van der Waals surface area contributed by atoms with Crippen molar-refractivity contribution in [1.82, 2.24) is 23.7 Å². The fourth-order valence-electron chi connectivity index (χ4n) is 3.43. The molecule has 0 aliphatic rings. The van der Waals surface area contributed by atoms with Crippen molar-refractivity contribution in [3.05, 3.63) is 79.2 Å². The molecule has 1 aromatic carbocycles. The van der Waals surface area contributed by atoms with Crippen LogP contribution < -0.4 is 11.2 Å². The van der Waals surface area contributed by atoms with E-state index in [1.165, 1.54) is 10.8 Å². The van der Waals surface area contributed by atoms with E-state index in [4.69, 9.17) is 28.3 Å². The maximum atomic E-state index is 13.3. The smallest absolute Gasteiger partial charge is 0.332 e. The van der Waals surface area contributed by atoms with E-state index in [9.17, 15) is 9.59 Å². The zero-order valence-corrected chi connectivity index (χ0v) is 18.1. The van der Waals surface area contributed by atoms with Crippen LogP contribution in [0.4, 0.5) is 0 Å². The average Bonchev–Trinajstić information content (AvgIpc) is 3.14. The van der Waals surface area contributed by atoms with Gasteiger partial charge in [-0.1, -0.05) is 23.2 Å². The van der Waals surface area contributed by atoms with E-state index < -0.39 is 11.2 Å². The number of fused-ring (bicyclic) bond motifs is 1. The summed E-state index contributed by atoms with van der Waals surface area (Å²) in [7, 11) is 1.57. The third kappa shape index (κ3) is 4.01. The molecule has 0 amide bonds. The molecule has 0 aliphatic heterocycles. The van der Waals surface area contributed by atoms with Crippen molar-refractivity contribution in [2.75, 3.05) is 6.61 Å². The second kappa shape index (κ2) is 8.66. The Morgan fingerprint density at radius 2 is 1.71 bits per heavy atom. The number of aliphatic hydroxyl groups excluding tert-OH is 1. The zero-order chi connectivity index (χ0) is 22.1. The Hall–Kier alpha value is -2.94. The second-order valence-electron chi connectivity index (χ2n) is 7.04. The topological polar surface area (TPSA) is 94.9 Å². The number of rotatable bonds is 6. The predicted molar refractivity (Wildman–Crippen MR) is 120 cm³/mol. The fraction of sp³-hybridized carbons (Fsp3) is 0.238. The lowest BCUT2D eigenvalue weighted by molar-refractivity contribution is 0.277. The summed E-state index contributed by atoms with van der Waals surface area (Å²) in [5, 5.41) is 10.2. The van der Waals surface area contributed by atoms with Gasteiger partial charge in [0.05, 0.1) is 17.3 Å². The minimum atomic E-state index is -0.483. The molecule has 0 unspecified atom stereocenters. The Balaban J connectivity index is 2.01. The third-order valence-electron chi connectivity index (χ3n) is 4.98. The quantitative estimate of drug-likeness (QED) is 0.478. The average molecular weight is 460 g/mol. The van der Waals surface area contributed by atoms with Gasteiger partial charge in [0, 0.05) is 37.0 Å². The summed E-state index contributed by atoms with van der Waals surface area (Å²) in [6.07, 6.45) is 1.82. The normalized spacial score (nSPS) is 11.4. The maximum absolute atomic E-state index is 13.3. The highest BCUT2D eigenvalue weighted by molar-refractivity contribution is 6.30. The van der Waals surface area contributed by atoms with Crippen LogP contribution in [0.2, 0.25) is 10.0 Å². The summed E-state index contributed by atoms with van der Waals surface area (Å²) >= 11 is 12.0. The van der Waals surface area contributed by atoms with E-state index in [1.807, 2.05) is 0 Å². The molecule has 0 saturated carbocycles. The number of imidazole rings is 1. The van der Waals surface area contributed by atoms with Crippen LogP contribution in [0.5, 0.6) is 0 Å². The molecular formula is C21H19Cl2N5O3. The van der Waals surface area contributed by atoms with Gasteiger partial charge in [-0.25, -0.2) is 9.78 Å². The molecule has 0 spiro atoms. The number of aryl methyl sites for hydroxylation is 1. The lowest BCUT2D eigenvalue weighted by atomic mass is 10.2. The molecule has 0 fully saturated rings. The molecule has 8 nitrogen and oxygen atoms in total. The van der Waals surface area contributed by atoms with Gasteiger partial charge in [0.25, 0.3) is 5.56 Å². The molecule has 10 heteroatoms. The SMILES string of the molecule is Cn1c(=O)n(CCCO)c(=O)c2c1nc(-c1ccc(Cl)cc1)n2Cc1ccc(Cl)cn1. The van der Waals surface area contributed by atoms with Crippen LogP contribution in [0.3, 0.4) is 0 Å². The van der Waals surface area contributed by atoms with Gasteiger partial charge < -0.3 is 9.67 Å². The monoisotopic (exact) mass is 459 g/mol. The van der Waals surface area contributed by atoms with E-state index in [2.05, 4.69) is 9.97 Å². The van der Waals surface area contributed by atoms with Crippen LogP contribution in [-0.4, -0.2) is 35.4 Å². The fourth-order valence-corrected chi connectivity index (χ4v) is 3.67. The van der Waals surface area contributed by atoms with E-state index in [1.54, 1.807) is 48.0 Å². The van der Waals surface area contributed by atoms with Crippen molar-refractivity contribution >= 4 is 34.4 Å². The molecule has 0 atom stereocenters. The zero-order valence-electron chi connectivity index (χ0n) is 16.6. The van der Waals surface area contributed by atoms with Gasteiger partial charge in [0.15, 0.2) is 11.2 Å². The minimum absolute atomic E-state index is 0.110. The van der Waals surface area contributed by atoms with Crippen molar-refractivity contribution in [3.8, 4) is 11.4 Å². The van der Waals surface area contributed by atoms with Gasteiger partial charge >= 0.3 is 5.69 Å². The number of nitrogens with zero attached hydrogens (tertiary/aromatic N) is 5. The largest absolute Gasteiger partial charge is 0.396 e. The highest BCUT2D eigenvalue weighted by Gasteiger charge is 2.21. The number of pyridine rings is 1. The molecule has 4 aromatic rings. The second-order valence-corrected chi connectivity index (χ2v) is 7.92. The first-order valence-electron chi connectivity index (χ1n) is 9.58. The van der Waals surface area contributed by atoms with Gasteiger partial charge in [-0.15, -0.1) is 0 Å². The third-order valence-corrected chi connectivity index (χ3v) is 5.46. The molecule has 1 N–H and O–H groups in total. The number of halogens is 2. The molecule has 160 valence electrons. The first kappa shape index (κ1) is 21.3. The maximum Gasteiger partial charge on any atom is 0.332 e. The van der Waals surface area contributed by atoms with E-state index >= 15 is 0 Å². The number of benzene rings is 1. The Labute approximate surface area is 186 Å². The summed E-state index contributed by atoms with van der Waals surface area (Å²) in [6.45, 7) is 0.231. The molecule has 4 rings (SSSR count).